The largest absolute Gasteiger partial charge is 0.389 e. The number of rotatable bonds is 4. The van der Waals surface area contributed by atoms with Crippen molar-refractivity contribution in [3.8, 4) is 0 Å². The lowest BCUT2D eigenvalue weighted by molar-refractivity contribution is -0.137. The fourth-order valence-corrected chi connectivity index (χ4v) is 1.89. The third-order valence-electron chi connectivity index (χ3n) is 2.43. The molecule has 0 aromatic heterocycles. The SMILES string of the molecule is FC(F)(F)CCCN1CCOCC1CCl. The molecule has 1 aliphatic rings. The first kappa shape index (κ1) is 13.1. The smallest absolute Gasteiger partial charge is 0.378 e. The second-order valence-corrected chi connectivity index (χ2v) is 3.95. The summed E-state index contributed by atoms with van der Waals surface area (Å²) >= 11 is 5.70. The summed E-state index contributed by atoms with van der Waals surface area (Å²) in [4.78, 5) is 1.97. The van der Waals surface area contributed by atoms with Crippen LogP contribution in [0.15, 0.2) is 0 Å². The molecule has 6 heteroatoms. The average Bonchev–Trinajstić information content (AvgIpc) is 2.16. The van der Waals surface area contributed by atoms with E-state index in [4.69, 9.17) is 16.3 Å². The van der Waals surface area contributed by atoms with E-state index >= 15 is 0 Å². The molecule has 1 fully saturated rings. The summed E-state index contributed by atoms with van der Waals surface area (Å²) in [7, 11) is 0. The van der Waals surface area contributed by atoms with Crippen molar-refractivity contribution >= 4 is 11.6 Å². The van der Waals surface area contributed by atoms with E-state index in [1.807, 2.05) is 4.90 Å². The van der Waals surface area contributed by atoms with E-state index in [9.17, 15) is 13.2 Å². The molecule has 2 nitrogen and oxygen atoms in total. The first-order chi connectivity index (χ1) is 7.03. The molecule has 0 radical (unpaired) electrons. The molecule has 0 amide bonds. The van der Waals surface area contributed by atoms with Gasteiger partial charge in [-0.2, -0.15) is 13.2 Å². The van der Waals surface area contributed by atoms with Gasteiger partial charge in [-0.25, -0.2) is 0 Å². The van der Waals surface area contributed by atoms with Gasteiger partial charge in [0.1, 0.15) is 0 Å². The Labute approximate surface area is 92.3 Å². The Balaban J connectivity index is 2.23. The Hall–Kier alpha value is 0. The summed E-state index contributed by atoms with van der Waals surface area (Å²) in [5.41, 5.74) is 0. The van der Waals surface area contributed by atoms with Crippen molar-refractivity contribution in [1.82, 2.24) is 4.90 Å². The van der Waals surface area contributed by atoms with E-state index < -0.39 is 12.6 Å². The molecular weight excluding hydrogens is 231 g/mol. The number of hydrogen-bond acceptors (Lipinski definition) is 2. The zero-order valence-corrected chi connectivity index (χ0v) is 9.15. The van der Waals surface area contributed by atoms with E-state index in [1.54, 1.807) is 0 Å². The third kappa shape index (κ3) is 5.04. The lowest BCUT2D eigenvalue weighted by Gasteiger charge is -2.34. The minimum Gasteiger partial charge on any atom is -0.378 e. The topological polar surface area (TPSA) is 12.5 Å². The van der Waals surface area contributed by atoms with Crippen LogP contribution in [0.1, 0.15) is 12.8 Å². The number of morpholine rings is 1. The summed E-state index contributed by atoms with van der Waals surface area (Å²) in [6.45, 7) is 2.23. The van der Waals surface area contributed by atoms with Crippen molar-refractivity contribution < 1.29 is 17.9 Å². The predicted octanol–water partition coefficient (Wildman–Crippen LogP) is 2.27. The quantitative estimate of drug-likeness (QED) is 0.705. The molecule has 0 aliphatic carbocycles. The van der Waals surface area contributed by atoms with Crippen molar-refractivity contribution in [3.05, 3.63) is 0 Å². The summed E-state index contributed by atoms with van der Waals surface area (Å²) in [6.07, 6.45) is -4.64. The van der Waals surface area contributed by atoms with Crippen LogP contribution in [0, 0.1) is 0 Å². The normalized spacial score (nSPS) is 24.4. The maximum absolute atomic E-state index is 11.9. The van der Waals surface area contributed by atoms with Gasteiger partial charge in [0, 0.05) is 24.9 Å². The molecule has 1 unspecified atom stereocenters. The average molecular weight is 246 g/mol. The molecule has 1 rings (SSSR count). The van der Waals surface area contributed by atoms with Crippen molar-refractivity contribution in [1.29, 1.82) is 0 Å². The predicted molar refractivity (Wildman–Crippen MR) is 52.2 cm³/mol. The van der Waals surface area contributed by atoms with Crippen molar-refractivity contribution in [2.45, 2.75) is 25.1 Å². The highest BCUT2D eigenvalue weighted by molar-refractivity contribution is 6.18. The number of halogens is 4. The van der Waals surface area contributed by atoms with Crippen LogP contribution < -0.4 is 0 Å². The van der Waals surface area contributed by atoms with Gasteiger partial charge in [-0.15, -0.1) is 11.6 Å². The van der Waals surface area contributed by atoms with Gasteiger partial charge in [0.15, 0.2) is 0 Å². The van der Waals surface area contributed by atoms with Crippen LogP contribution in [0.5, 0.6) is 0 Å². The summed E-state index contributed by atoms with van der Waals surface area (Å²) in [5.74, 6) is 0.409. The molecule has 0 aromatic carbocycles. The third-order valence-corrected chi connectivity index (χ3v) is 2.79. The van der Waals surface area contributed by atoms with Crippen LogP contribution in [0.2, 0.25) is 0 Å². The van der Waals surface area contributed by atoms with Crippen LogP contribution >= 0.6 is 11.6 Å². The van der Waals surface area contributed by atoms with E-state index in [0.29, 0.717) is 32.2 Å². The fraction of sp³-hybridized carbons (Fsp3) is 1.00. The molecule has 1 saturated heterocycles. The Kier molecular flexibility index (Phi) is 5.15. The zero-order chi connectivity index (χ0) is 11.3. The monoisotopic (exact) mass is 245 g/mol. The highest BCUT2D eigenvalue weighted by Crippen LogP contribution is 2.22. The van der Waals surface area contributed by atoms with Crippen LogP contribution in [-0.2, 0) is 4.74 Å². The van der Waals surface area contributed by atoms with Crippen molar-refractivity contribution in [2.75, 3.05) is 32.2 Å². The van der Waals surface area contributed by atoms with Crippen LogP contribution in [0.4, 0.5) is 13.2 Å². The first-order valence-electron chi connectivity index (χ1n) is 4.97. The summed E-state index contributed by atoms with van der Waals surface area (Å²) < 4.78 is 41.0. The number of ether oxygens (including phenoxy) is 1. The molecule has 1 atom stereocenters. The van der Waals surface area contributed by atoms with Crippen LogP contribution in [0.3, 0.4) is 0 Å². The van der Waals surface area contributed by atoms with Gasteiger partial charge in [0.05, 0.1) is 13.2 Å². The lowest BCUT2D eigenvalue weighted by atomic mass is 10.2. The van der Waals surface area contributed by atoms with Crippen molar-refractivity contribution in [3.63, 3.8) is 0 Å². The molecular formula is C9H15ClF3NO. The minimum atomic E-state index is -4.05. The highest BCUT2D eigenvalue weighted by atomic mass is 35.5. The standard InChI is InChI=1S/C9H15ClF3NO/c10-6-8-7-15-5-4-14(8)3-1-2-9(11,12)13/h8H,1-7H2. The Morgan fingerprint density at radius 2 is 2.13 bits per heavy atom. The fourth-order valence-electron chi connectivity index (χ4n) is 1.61. The Bertz CT molecular complexity index is 189. The molecule has 0 saturated carbocycles. The van der Waals surface area contributed by atoms with Gasteiger partial charge >= 0.3 is 6.18 Å². The number of hydrogen-bond donors (Lipinski definition) is 0. The molecule has 90 valence electrons. The maximum Gasteiger partial charge on any atom is 0.389 e. The summed E-state index contributed by atoms with van der Waals surface area (Å²) in [6, 6.07) is 0.0636. The van der Waals surface area contributed by atoms with Gasteiger partial charge in [0.2, 0.25) is 0 Å². The van der Waals surface area contributed by atoms with E-state index in [2.05, 4.69) is 0 Å². The molecule has 0 aromatic rings. The zero-order valence-electron chi connectivity index (χ0n) is 8.39. The Morgan fingerprint density at radius 1 is 1.40 bits per heavy atom. The summed E-state index contributed by atoms with van der Waals surface area (Å²) in [5, 5.41) is 0. The second-order valence-electron chi connectivity index (χ2n) is 3.64. The maximum atomic E-state index is 11.9. The van der Waals surface area contributed by atoms with Crippen molar-refractivity contribution in [2.24, 2.45) is 0 Å². The number of alkyl halides is 4. The van der Waals surface area contributed by atoms with Gasteiger partial charge in [-0.3, -0.25) is 4.90 Å². The molecule has 0 bridgehead atoms. The molecule has 15 heavy (non-hydrogen) atoms. The first-order valence-corrected chi connectivity index (χ1v) is 5.51. The lowest BCUT2D eigenvalue weighted by Crippen LogP contribution is -2.46. The minimum absolute atomic E-state index is 0.0636. The van der Waals surface area contributed by atoms with Crippen LogP contribution in [-0.4, -0.2) is 49.3 Å². The molecule has 0 N–H and O–H groups in total. The molecule has 1 aliphatic heterocycles. The van der Waals surface area contributed by atoms with Gasteiger partial charge in [0.25, 0.3) is 0 Å². The molecule has 1 heterocycles. The van der Waals surface area contributed by atoms with Gasteiger partial charge < -0.3 is 4.74 Å². The second kappa shape index (κ2) is 5.92. The van der Waals surface area contributed by atoms with Gasteiger partial charge in [-0.05, 0) is 13.0 Å². The Morgan fingerprint density at radius 3 is 2.73 bits per heavy atom. The van der Waals surface area contributed by atoms with E-state index in [-0.39, 0.29) is 12.5 Å². The highest BCUT2D eigenvalue weighted by Gasteiger charge is 2.28. The number of nitrogens with zero attached hydrogens (tertiary/aromatic N) is 1. The van der Waals surface area contributed by atoms with Gasteiger partial charge in [-0.1, -0.05) is 0 Å². The molecule has 0 spiro atoms. The van der Waals surface area contributed by atoms with Crippen LogP contribution in [0.25, 0.3) is 0 Å². The van der Waals surface area contributed by atoms with E-state index in [1.165, 1.54) is 0 Å². The van der Waals surface area contributed by atoms with E-state index in [0.717, 1.165) is 0 Å².